The predicted octanol–water partition coefficient (Wildman–Crippen LogP) is 2.59. The van der Waals surface area contributed by atoms with Gasteiger partial charge >= 0.3 is 0 Å². The highest BCUT2D eigenvalue weighted by Gasteiger charge is 2.21. The van der Waals surface area contributed by atoms with Crippen LogP contribution < -0.4 is 20.5 Å². The Morgan fingerprint density at radius 3 is 2.46 bits per heavy atom. The molecular weight excluding hydrogens is 308 g/mol. The summed E-state index contributed by atoms with van der Waals surface area (Å²) < 4.78 is 10.9. The molecule has 0 aliphatic heterocycles. The van der Waals surface area contributed by atoms with Gasteiger partial charge in [0.05, 0.1) is 12.7 Å². The first kappa shape index (κ1) is 17.3. The van der Waals surface area contributed by atoms with Crippen LogP contribution in [0.3, 0.4) is 0 Å². The van der Waals surface area contributed by atoms with Gasteiger partial charge in [-0.25, -0.2) is 0 Å². The van der Waals surface area contributed by atoms with Gasteiger partial charge in [-0.2, -0.15) is 0 Å². The normalized spacial score (nSPS) is 11.4. The number of amides is 2. The number of rotatable bonds is 7. The average Bonchev–Trinajstić information content (AvgIpc) is 2.59. The summed E-state index contributed by atoms with van der Waals surface area (Å²) in [6.45, 7) is 1.82. The second-order valence-corrected chi connectivity index (χ2v) is 5.10. The minimum atomic E-state index is -0.768. The van der Waals surface area contributed by atoms with E-state index in [0.29, 0.717) is 17.9 Å². The second kappa shape index (κ2) is 8.01. The van der Waals surface area contributed by atoms with Gasteiger partial charge in [0, 0.05) is 11.8 Å². The standard InChI is InChI=1S/C18H20N2O4/c1-3-15(18(22)20-12-7-5-4-6-8-12)24-16-11-13(23-2)9-10-14(16)17(19)21/h4-11,15H,3H2,1-2H3,(H2,19,21)(H,20,22). The third-order valence-corrected chi connectivity index (χ3v) is 3.43. The van der Waals surface area contributed by atoms with Crippen molar-refractivity contribution in [3.05, 3.63) is 54.1 Å². The number of ether oxygens (including phenoxy) is 2. The van der Waals surface area contributed by atoms with Crippen molar-refractivity contribution in [1.29, 1.82) is 0 Å². The Kier molecular flexibility index (Phi) is 5.78. The fourth-order valence-corrected chi connectivity index (χ4v) is 2.15. The van der Waals surface area contributed by atoms with E-state index >= 15 is 0 Å². The highest BCUT2D eigenvalue weighted by molar-refractivity contribution is 5.97. The van der Waals surface area contributed by atoms with E-state index in [0.717, 1.165) is 0 Å². The van der Waals surface area contributed by atoms with Gasteiger partial charge in [-0.05, 0) is 30.7 Å². The smallest absolute Gasteiger partial charge is 0.265 e. The molecule has 0 bridgehead atoms. The van der Waals surface area contributed by atoms with Gasteiger partial charge in [0.25, 0.3) is 11.8 Å². The van der Waals surface area contributed by atoms with Crippen molar-refractivity contribution in [2.45, 2.75) is 19.4 Å². The molecule has 0 saturated carbocycles. The van der Waals surface area contributed by atoms with Gasteiger partial charge in [-0.1, -0.05) is 25.1 Å². The Morgan fingerprint density at radius 2 is 1.88 bits per heavy atom. The molecule has 2 aromatic carbocycles. The van der Waals surface area contributed by atoms with Crippen LogP contribution in [0, 0.1) is 0 Å². The number of benzene rings is 2. The lowest BCUT2D eigenvalue weighted by atomic mass is 10.1. The highest BCUT2D eigenvalue weighted by atomic mass is 16.5. The monoisotopic (exact) mass is 328 g/mol. The Labute approximate surface area is 140 Å². The zero-order valence-corrected chi connectivity index (χ0v) is 13.6. The van der Waals surface area contributed by atoms with E-state index in [2.05, 4.69) is 5.32 Å². The minimum absolute atomic E-state index is 0.196. The molecule has 3 N–H and O–H groups in total. The van der Waals surface area contributed by atoms with Crippen LogP contribution in [0.15, 0.2) is 48.5 Å². The highest BCUT2D eigenvalue weighted by Crippen LogP contribution is 2.26. The average molecular weight is 328 g/mol. The fourth-order valence-electron chi connectivity index (χ4n) is 2.15. The molecule has 0 heterocycles. The van der Waals surface area contributed by atoms with Gasteiger partial charge in [-0.3, -0.25) is 9.59 Å². The van der Waals surface area contributed by atoms with Crippen LogP contribution in [0.25, 0.3) is 0 Å². The van der Waals surface area contributed by atoms with Crippen molar-refractivity contribution in [1.82, 2.24) is 0 Å². The van der Waals surface area contributed by atoms with E-state index in [9.17, 15) is 9.59 Å². The van der Waals surface area contributed by atoms with Gasteiger partial charge in [0.2, 0.25) is 0 Å². The maximum Gasteiger partial charge on any atom is 0.265 e. The Hall–Kier alpha value is -3.02. The van der Waals surface area contributed by atoms with Crippen LogP contribution in [0.1, 0.15) is 23.7 Å². The Bertz CT molecular complexity index is 716. The molecule has 0 spiro atoms. The van der Waals surface area contributed by atoms with Crippen molar-refractivity contribution in [2.75, 3.05) is 12.4 Å². The first-order valence-electron chi connectivity index (χ1n) is 7.55. The summed E-state index contributed by atoms with van der Waals surface area (Å²) in [4.78, 5) is 24.0. The number of hydrogen-bond donors (Lipinski definition) is 2. The topological polar surface area (TPSA) is 90.7 Å². The molecule has 0 aliphatic rings. The fraction of sp³-hybridized carbons (Fsp3) is 0.222. The largest absolute Gasteiger partial charge is 0.497 e. The number of hydrogen-bond acceptors (Lipinski definition) is 4. The van der Waals surface area contributed by atoms with E-state index in [1.165, 1.54) is 13.2 Å². The Balaban J connectivity index is 2.20. The molecule has 1 atom stereocenters. The molecule has 0 fully saturated rings. The lowest BCUT2D eigenvalue weighted by Crippen LogP contribution is -2.33. The van der Waals surface area contributed by atoms with Crippen molar-refractivity contribution >= 4 is 17.5 Å². The third-order valence-electron chi connectivity index (χ3n) is 3.43. The molecule has 24 heavy (non-hydrogen) atoms. The molecule has 0 aromatic heterocycles. The van der Waals surface area contributed by atoms with E-state index in [1.54, 1.807) is 24.3 Å². The van der Waals surface area contributed by atoms with Crippen LogP contribution in [-0.2, 0) is 4.79 Å². The first-order chi connectivity index (χ1) is 11.5. The number of carbonyl (C=O) groups is 2. The zero-order chi connectivity index (χ0) is 17.5. The quantitative estimate of drug-likeness (QED) is 0.817. The summed E-state index contributed by atoms with van der Waals surface area (Å²) in [5.41, 5.74) is 6.23. The van der Waals surface area contributed by atoms with Crippen molar-refractivity contribution in [3.8, 4) is 11.5 Å². The molecule has 2 aromatic rings. The number of primary amides is 1. The number of para-hydroxylation sites is 1. The van der Waals surface area contributed by atoms with Crippen LogP contribution in [0.2, 0.25) is 0 Å². The molecule has 1 unspecified atom stereocenters. The maximum absolute atomic E-state index is 12.4. The van der Waals surface area contributed by atoms with E-state index in [1.807, 2.05) is 25.1 Å². The molecule has 0 radical (unpaired) electrons. The summed E-state index contributed by atoms with van der Waals surface area (Å²) in [5, 5.41) is 2.78. The predicted molar refractivity (Wildman–Crippen MR) is 91.3 cm³/mol. The van der Waals surface area contributed by atoms with Crippen LogP contribution in [-0.4, -0.2) is 25.0 Å². The van der Waals surface area contributed by atoms with Crippen LogP contribution in [0.4, 0.5) is 5.69 Å². The summed E-state index contributed by atoms with van der Waals surface area (Å²) >= 11 is 0. The number of nitrogens with one attached hydrogen (secondary N) is 1. The van der Waals surface area contributed by atoms with Crippen molar-refractivity contribution in [3.63, 3.8) is 0 Å². The van der Waals surface area contributed by atoms with Crippen molar-refractivity contribution < 1.29 is 19.1 Å². The molecule has 6 nitrogen and oxygen atoms in total. The summed E-state index contributed by atoms with van der Waals surface area (Å²) in [5.74, 6) is -0.210. The lowest BCUT2D eigenvalue weighted by molar-refractivity contribution is -0.122. The SMILES string of the molecule is CCC(Oc1cc(OC)ccc1C(N)=O)C(=O)Nc1ccccc1. The van der Waals surface area contributed by atoms with E-state index in [4.69, 9.17) is 15.2 Å². The summed E-state index contributed by atoms with van der Waals surface area (Å²) in [7, 11) is 1.50. The molecule has 6 heteroatoms. The number of nitrogens with two attached hydrogens (primary N) is 1. The van der Waals surface area contributed by atoms with Gasteiger partial charge in [0.1, 0.15) is 11.5 Å². The number of anilines is 1. The first-order valence-corrected chi connectivity index (χ1v) is 7.55. The lowest BCUT2D eigenvalue weighted by Gasteiger charge is -2.19. The molecule has 0 aliphatic carbocycles. The Morgan fingerprint density at radius 1 is 1.17 bits per heavy atom. The zero-order valence-electron chi connectivity index (χ0n) is 13.6. The van der Waals surface area contributed by atoms with Gasteiger partial charge < -0.3 is 20.5 Å². The number of methoxy groups -OCH3 is 1. The van der Waals surface area contributed by atoms with E-state index in [-0.39, 0.29) is 17.2 Å². The number of carbonyl (C=O) groups excluding carboxylic acids is 2. The van der Waals surface area contributed by atoms with Gasteiger partial charge in [0.15, 0.2) is 6.10 Å². The minimum Gasteiger partial charge on any atom is -0.497 e. The second-order valence-electron chi connectivity index (χ2n) is 5.10. The molecule has 0 saturated heterocycles. The molecular formula is C18H20N2O4. The molecule has 2 amide bonds. The third kappa shape index (κ3) is 4.25. The maximum atomic E-state index is 12.4. The van der Waals surface area contributed by atoms with E-state index < -0.39 is 12.0 Å². The van der Waals surface area contributed by atoms with Crippen LogP contribution in [0.5, 0.6) is 11.5 Å². The van der Waals surface area contributed by atoms with Crippen molar-refractivity contribution in [2.24, 2.45) is 5.73 Å². The van der Waals surface area contributed by atoms with Gasteiger partial charge in [-0.15, -0.1) is 0 Å². The summed E-state index contributed by atoms with van der Waals surface area (Å²) in [6.07, 6.45) is -0.343. The summed E-state index contributed by atoms with van der Waals surface area (Å²) in [6, 6.07) is 13.7. The molecule has 2 rings (SSSR count). The molecule has 126 valence electrons. The van der Waals surface area contributed by atoms with Crippen LogP contribution >= 0.6 is 0 Å².